The number of hydrogen-bond donors (Lipinski definition) is 1. The summed E-state index contributed by atoms with van der Waals surface area (Å²) in [4.78, 5) is 13.8. The Labute approximate surface area is 115 Å². The predicted molar refractivity (Wildman–Crippen MR) is 78.7 cm³/mol. The third-order valence-corrected chi connectivity index (χ3v) is 3.33. The first-order valence-electron chi connectivity index (χ1n) is 6.57. The fourth-order valence-corrected chi connectivity index (χ4v) is 1.94. The number of benzene rings is 1. The summed E-state index contributed by atoms with van der Waals surface area (Å²) in [6.45, 7) is 6.40. The molecule has 0 saturated heterocycles. The molecule has 0 aliphatic rings. The maximum Gasteiger partial charge on any atom is 0.230 e. The van der Waals surface area contributed by atoms with Crippen LogP contribution in [0.5, 0.6) is 5.75 Å². The summed E-state index contributed by atoms with van der Waals surface area (Å²) in [7, 11) is 3.44. The molecule has 0 aliphatic carbocycles. The Morgan fingerprint density at radius 1 is 1.37 bits per heavy atom. The lowest BCUT2D eigenvalue weighted by Crippen LogP contribution is -2.35. The van der Waals surface area contributed by atoms with Gasteiger partial charge in [0.2, 0.25) is 5.91 Å². The summed E-state index contributed by atoms with van der Waals surface area (Å²) >= 11 is 0. The van der Waals surface area contributed by atoms with Crippen molar-refractivity contribution in [3.05, 3.63) is 23.8 Å². The number of rotatable bonds is 5. The normalized spacial score (nSPS) is 12.4. The van der Waals surface area contributed by atoms with Crippen molar-refractivity contribution in [3.8, 4) is 5.75 Å². The van der Waals surface area contributed by atoms with E-state index in [-0.39, 0.29) is 11.8 Å². The van der Waals surface area contributed by atoms with Crippen molar-refractivity contribution in [2.45, 2.75) is 26.7 Å². The second-order valence-corrected chi connectivity index (χ2v) is 5.11. The van der Waals surface area contributed by atoms with Crippen LogP contribution in [0.1, 0.15) is 32.3 Å². The molecular formula is C15H24N2O2. The van der Waals surface area contributed by atoms with Gasteiger partial charge in [-0.15, -0.1) is 0 Å². The highest BCUT2D eigenvalue weighted by Crippen LogP contribution is 2.30. The summed E-state index contributed by atoms with van der Waals surface area (Å²) < 4.78 is 5.35. The molecule has 1 rings (SSSR count). The highest BCUT2D eigenvalue weighted by atomic mass is 16.5. The molecule has 4 heteroatoms. The van der Waals surface area contributed by atoms with E-state index in [1.54, 1.807) is 19.1 Å². The lowest BCUT2D eigenvalue weighted by molar-refractivity contribution is -0.121. The van der Waals surface area contributed by atoms with Crippen LogP contribution in [0.15, 0.2) is 18.2 Å². The zero-order valence-electron chi connectivity index (χ0n) is 12.4. The highest BCUT2D eigenvalue weighted by molar-refractivity contribution is 5.94. The van der Waals surface area contributed by atoms with E-state index >= 15 is 0 Å². The van der Waals surface area contributed by atoms with Crippen LogP contribution in [0.3, 0.4) is 0 Å². The minimum atomic E-state index is -0.172. The molecule has 1 amide bonds. The first kappa shape index (κ1) is 15.5. The van der Waals surface area contributed by atoms with Gasteiger partial charge in [-0.25, -0.2) is 0 Å². The number of carbonyl (C=O) groups excluding carboxylic acids is 1. The van der Waals surface area contributed by atoms with Crippen molar-refractivity contribution in [1.82, 2.24) is 0 Å². The number of nitrogens with two attached hydrogens (primary N) is 1. The van der Waals surface area contributed by atoms with E-state index in [9.17, 15) is 4.79 Å². The molecule has 0 saturated carbocycles. The lowest BCUT2D eigenvalue weighted by Gasteiger charge is -2.23. The number of methoxy groups -OCH3 is 1. The molecular weight excluding hydrogens is 240 g/mol. The van der Waals surface area contributed by atoms with E-state index in [0.717, 1.165) is 17.0 Å². The summed E-state index contributed by atoms with van der Waals surface area (Å²) in [6, 6.07) is 5.80. The van der Waals surface area contributed by atoms with Gasteiger partial charge in [-0.2, -0.15) is 0 Å². The number of nitrogens with zero attached hydrogens (tertiary/aromatic N) is 1. The topological polar surface area (TPSA) is 55.6 Å². The van der Waals surface area contributed by atoms with Crippen molar-refractivity contribution >= 4 is 11.6 Å². The predicted octanol–water partition coefficient (Wildman–Crippen LogP) is 2.38. The highest BCUT2D eigenvalue weighted by Gasteiger charge is 2.18. The Morgan fingerprint density at radius 3 is 2.47 bits per heavy atom. The van der Waals surface area contributed by atoms with E-state index in [2.05, 4.69) is 13.8 Å². The van der Waals surface area contributed by atoms with Crippen LogP contribution >= 0.6 is 0 Å². The SMILES string of the molecule is COc1ccc(N(C)C(=O)C(C)CN)cc1C(C)C. The van der Waals surface area contributed by atoms with Crippen molar-refractivity contribution in [1.29, 1.82) is 0 Å². The van der Waals surface area contributed by atoms with Gasteiger partial charge < -0.3 is 15.4 Å². The fourth-order valence-electron chi connectivity index (χ4n) is 1.94. The molecule has 1 aromatic carbocycles. The minimum absolute atomic E-state index is 0.0300. The van der Waals surface area contributed by atoms with Crippen LogP contribution < -0.4 is 15.4 Å². The largest absolute Gasteiger partial charge is 0.496 e. The third-order valence-electron chi connectivity index (χ3n) is 3.33. The van der Waals surface area contributed by atoms with E-state index in [0.29, 0.717) is 12.5 Å². The van der Waals surface area contributed by atoms with E-state index in [4.69, 9.17) is 10.5 Å². The van der Waals surface area contributed by atoms with Crippen LogP contribution in [0.4, 0.5) is 5.69 Å². The molecule has 0 spiro atoms. The maximum atomic E-state index is 12.1. The van der Waals surface area contributed by atoms with Gasteiger partial charge in [-0.05, 0) is 29.7 Å². The Kier molecular flexibility index (Phi) is 5.36. The average Bonchev–Trinajstić information content (AvgIpc) is 2.43. The van der Waals surface area contributed by atoms with Gasteiger partial charge in [0.05, 0.1) is 7.11 Å². The molecule has 1 unspecified atom stereocenters. The molecule has 0 bridgehead atoms. The lowest BCUT2D eigenvalue weighted by atomic mass is 10.0. The zero-order chi connectivity index (χ0) is 14.6. The number of amides is 1. The molecule has 0 aliphatic heterocycles. The number of hydrogen-bond acceptors (Lipinski definition) is 3. The Morgan fingerprint density at radius 2 is 2.00 bits per heavy atom. The third kappa shape index (κ3) is 3.47. The fraction of sp³-hybridized carbons (Fsp3) is 0.533. The smallest absolute Gasteiger partial charge is 0.230 e. The van der Waals surface area contributed by atoms with Gasteiger partial charge in [-0.3, -0.25) is 4.79 Å². The number of anilines is 1. The second kappa shape index (κ2) is 6.57. The van der Waals surface area contributed by atoms with Gasteiger partial charge in [-0.1, -0.05) is 20.8 Å². The number of ether oxygens (including phenoxy) is 1. The van der Waals surface area contributed by atoms with Gasteiger partial charge in [0.25, 0.3) is 0 Å². The standard InChI is InChI=1S/C15H24N2O2/c1-10(2)13-8-12(6-7-14(13)19-5)17(4)15(18)11(3)9-16/h6-8,10-11H,9,16H2,1-5H3. The average molecular weight is 264 g/mol. The molecule has 4 nitrogen and oxygen atoms in total. The van der Waals surface area contributed by atoms with Crippen LogP contribution in [-0.4, -0.2) is 26.6 Å². The van der Waals surface area contributed by atoms with Crippen molar-refractivity contribution in [2.75, 3.05) is 25.6 Å². The van der Waals surface area contributed by atoms with Crippen molar-refractivity contribution in [2.24, 2.45) is 11.7 Å². The van der Waals surface area contributed by atoms with Crippen LogP contribution in [0.2, 0.25) is 0 Å². The van der Waals surface area contributed by atoms with Gasteiger partial charge in [0.15, 0.2) is 0 Å². The molecule has 1 atom stereocenters. The Balaban J connectivity index is 3.08. The zero-order valence-corrected chi connectivity index (χ0v) is 12.4. The first-order valence-corrected chi connectivity index (χ1v) is 6.57. The molecule has 1 aromatic rings. The minimum Gasteiger partial charge on any atom is -0.496 e. The second-order valence-electron chi connectivity index (χ2n) is 5.11. The maximum absolute atomic E-state index is 12.1. The summed E-state index contributed by atoms with van der Waals surface area (Å²) in [5.41, 5.74) is 7.51. The Bertz CT molecular complexity index is 444. The quantitative estimate of drug-likeness (QED) is 0.888. The summed E-state index contributed by atoms with van der Waals surface area (Å²) in [6.07, 6.45) is 0. The van der Waals surface area contributed by atoms with E-state index in [1.165, 1.54) is 0 Å². The first-order chi connectivity index (χ1) is 8.92. The van der Waals surface area contributed by atoms with Gasteiger partial charge >= 0.3 is 0 Å². The molecule has 0 heterocycles. The van der Waals surface area contributed by atoms with Crippen LogP contribution in [0, 0.1) is 5.92 Å². The molecule has 0 aromatic heterocycles. The molecule has 2 N–H and O–H groups in total. The molecule has 0 fully saturated rings. The molecule has 106 valence electrons. The van der Waals surface area contributed by atoms with Gasteiger partial charge in [0, 0.05) is 25.2 Å². The molecule has 0 radical (unpaired) electrons. The van der Waals surface area contributed by atoms with Crippen LogP contribution in [-0.2, 0) is 4.79 Å². The Hall–Kier alpha value is -1.55. The monoisotopic (exact) mass is 264 g/mol. The summed E-state index contributed by atoms with van der Waals surface area (Å²) in [5, 5.41) is 0. The van der Waals surface area contributed by atoms with Crippen molar-refractivity contribution in [3.63, 3.8) is 0 Å². The summed E-state index contributed by atoms with van der Waals surface area (Å²) in [5.74, 6) is 1.05. The van der Waals surface area contributed by atoms with Gasteiger partial charge in [0.1, 0.15) is 5.75 Å². The van der Waals surface area contributed by atoms with Crippen LogP contribution in [0.25, 0.3) is 0 Å². The van der Waals surface area contributed by atoms with E-state index in [1.807, 2.05) is 25.1 Å². The van der Waals surface area contributed by atoms with Crippen molar-refractivity contribution < 1.29 is 9.53 Å². The number of carbonyl (C=O) groups is 1. The van der Waals surface area contributed by atoms with E-state index < -0.39 is 0 Å². The molecule has 19 heavy (non-hydrogen) atoms.